The molecule has 3 nitrogen and oxygen atoms in total. The van der Waals surface area contributed by atoms with E-state index in [0.29, 0.717) is 5.11 Å². The molecule has 0 aliphatic heterocycles. The maximum Gasteiger partial charge on any atom is 0.191 e. The molecule has 0 aliphatic rings. The Kier molecular flexibility index (Phi) is 5.26. The SMILES string of the molecule is CC/C(=N/NC(=S)Nc1ccc(C)cc1)c1cccs1. The van der Waals surface area contributed by atoms with E-state index in [4.69, 9.17) is 12.2 Å². The van der Waals surface area contributed by atoms with E-state index in [9.17, 15) is 0 Å². The number of rotatable bonds is 4. The second kappa shape index (κ2) is 7.17. The summed E-state index contributed by atoms with van der Waals surface area (Å²) in [5, 5.41) is 10.0. The van der Waals surface area contributed by atoms with Gasteiger partial charge in [0.15, 0.2) is 5.11 Å². The minimum absolute atomic E-state index is 0.497. The summed E-state index contributed by atoms with van der Waals surface area (Å²) in [6.45, 7) is 4.13. The highest BCUT2D eigenvalue weighted by Gasteiger charge is 2.02. The number of anilines is 1. The third-order valence-electron chi connectivity index (χ3n) is 2.74. The molecule has 0 spiro atoms. The van der Waals surface area contributed by atoms with Crippen molar-refractivity contribution in [1.82, 2.24) is 5.43 Å². The summed E-state index contributed by atoms with van der Waals surface area (Å²) in [7, 11) is 0. The van der Waals surface area contributed by atoms with Crippen molar-refractivity contribution in [1.29, 1.82) is 0 Å². The third kappa shape index (κ3) is 4.15. The quantitative estimate of drug-likeness (QED) is 0.506. The zero-order chi connectivity index (χ0) is 14.4. The highest BCUT2D eigenvalue weighted by Crippen LogP contribution is 2.12. The minimum atomic E-state index is 0.497. The summed E-state index contributed by atoms with van der Waals surface area (Å²) in [6.07, 6.45) is 0.862. The Morgan fingerprint density at radius 2 is 2.00 bits per heavy atom. The molecular formula is C15H17N3S2. The lowest BCUT2D eigenvalue weighted by atomic mass is 10.2. The lowest BCUT2D eigenvalue weighted by Crippen LogP contribution is -2.25. The van der Waals surface area contributed by atoms with Gasteiger partial charge in [0.25, 0.3) is 0 Å². The van der Waals surface area contributed by atoms with E-state index in [2.05, 4.69) is 35.8 Å². The van der Waals surface area contributed by atoms with Gasteiger partial charge in [-0.2, -0.15) is 5.10 Å². The van der Waals surface area contributed by atoms with E-state index in [0.717, 1.165) is 22.7 Å². The number of hydrazone groups is 1. The zero-order valence-electron chi connectivity index (χ0n) is 11.5. The number of aryl methyl sites for hydroxylation is 1. The maximum atomic E-state index is 5.24. The van der Waals surface area contributed by atoms with Gasteiger partial charge in [-0.05, 0) is 49.1 Å². The van der Waals surface area contributed by atoms with Crippen molar-refractivity contribution in [2.45, 2.75) is 20.3 Å². The summed E-state index contributed by atoms with van der Waals surface area (Å²) in [5.74, 6) is 0. The molecule has 2 N–H and O–H groups in total. The number of thiophene rings is 1. The van der Waals surface area contributed by atoms with Crippen LogP contribution in [0.15, 0.2) is 46.9 Å². The molecule has 0 atom stereocenters. The molecule has 0 aliphatic carbocycles. The number of benzene rings is 1. The molecule has 1 heterocycles. The van der Waals surface area contributed by atoms with Gasteiger partial charge in [0, 0.05) is 5.69 Å². The second-order valence-electron chi connectivity index (χ2n) is 4.32. The molecule has 0 saturated heterocycles. The van der Waals surface area contributed by atoms with Gasteiger partial charge in [-0.1, -0.05) is 30.7 Å². The van der Waals surface area contributed by atoms with Gasteiger partial charge in [-0.3, -0.25) is 5.43 Å². The first-order valence-electron chi connectivity index (χ1n) is 6.43. The van der Waals surface area contributed by atoms with Crippen LogP contribution in [-0.4, -0.2) is 10.8 Å². The van der Waals surface area contributed by atoms with Crippen LogP contribution in [0.2, 0.25) is 0 Å². The van der Waals surface area contributed by atoms with Crippen molar-refractivity contribution < 1.29 is 0 Å². The lowest BCUT2D eigenvalue weighted by Gasteiger charge is -2.08. The molecule has 0 fully saturated rings. The Morgan fingerprint density at radius 3 is 2.60 bits per heavy atom. The summed E-state index contributed by atoms with van der Waals surface area (Å²) >= 11 is 6.92. The Bertz CT molecular complexity index is 586. The average molecular weight is 303 g/mol. The summed E-state index contributed by atoms with van der Waals surface area (Å²) in [4.78, 5) is 1.16. The highest BCUT2D eigenvalue weighted by atomic mass is 32.1. The fourth-order valence-electron chi connectivity index (χ4n) is 1.67. The number of hydrogen-bond acceptors (Lipinski definition) is 3. The largest absolute Gasteiger partial charge is 0.331 e. The molecule has 0 bridgehead atoms. The first-order valence-corrected chi connectivity index (χ1v) is 7.72. The normalized spacial score (nSPS) is 11.2. The predicted octanol–water partition coefficient (Wildman–Crippen LogP) is 4.16. The van der Waals surface area contributed by atoms with Crippen LogP contribution in [0, 0.1) is 6.92 Å². The van der Waals surface area contributed by atoms with Gasteiger partial charge in [0.1, 0.15) is 0 Å². The first-order chi connectivity index (χ1) is 9.69. The molecule has 0 amide bonds. The van der Waals surface area contributed by atoms with Gasteiger partial charge in [-0.25, -0.2) is 0 Å². The van der Waals surface area contributed by atoms with Crippen LogP contribution >= 0.6 is 23.6 Å². The minimum Gasteiger partial charge on any atom is -0.331 e. The monoisotopic (exact) mass is 303 g/mol. The number of thiocarbonyl (C=S) groups is 1. The molecule has 20 heavy (non-hydrogen) atoms. The summed E-state index contributed by atoms with van der Waals surface area (Å²) < 4.78 is 0. The van der Waals surface area contributed by atoms with Crippen molar-refractivity contribution in [3.63, 3.8) is 0 Å². The molecular weight excluding hydrogens is 286 g/mol. The summed E-state index contributed by atoms with van der Waals surface area (Å²) in [5.41, 5.74) is 6.08. The molecule has 2 aromatic rings. The number of nitrogens with one attached hydrogen (secondary N) is 2. The van der Waals surface area contributed by atoms with E-state index in [1.165, 1.54) is 5.56 Å². The standard InChI is InChI=1S/C15H17N3S2/c1-3-13(14-5-4-10-20-14)17-18-15(19)16-12-8-6-11(2)7-9-12/h4-10H,3H2,1-2H3,(H2,16,18,19)/b17-13-. The molecule has 0 unspecified atom stereocenters. The van der Waals surface area contributed by atoms with Crippen LogP contribution in [0.25, 0.3) is 0 Å². The third-order valence-corrected chi connectivity index (χ3v) is 3.85. The predicted molar refractivity (Wildman–Crippen MR) is 91.7 cm³/mol. The van der Waals surface area contributed by atoms with Crippen molar-refractivity contribution in [3.05, 3.63) is 52.2 Å². The van der Waals surface area contributed by atoms with E-state index in [1.807, 2.05) is 35.7 Å². The average Bonchev–Trinajstić information content (AvgIpc) is 2.96. The van der Waals surface area contributed by atoms with Crippen molar-refractivity contribution in [2.24, 2.45) is 5.10 Å². The van der Waals surface area contributed by atoms with E-state index >= 15 is 0 Å². The first kappa shape index (κ1) is 14.7. The highest BCUT2D eigenvalue weighted by molar-refractivity contribution is 7.80. The van der Waals surface area contributed by atoms with Crippen LogP contribution in [-0.2, 0) is 0 Å². The van der Waals surface area contributed by atoms with Crippen molar-refractivity contribution >= 4 is 40.1 Å². The van der Waals surface area contributed by atoms with Crippen LogP contribution in [0.4, 0.5) is 5.69 Å². The van der Waals surface area contributed by atoms with E-state index in [-0.39, 0.29) is 0 Å². The zero-order valence-corrected chi connectivity index (χ0v) is 13.1. The fraction of sp³-hybridized carbons (Fsp3) is 0.200. The molecule has 0 saturated carbocycles. The van der Waals surface area contributed by atoms with Crippen molar-refractivity contribution in [2.75, 3.05) is 5.32 Å². The van der Waals surface area contributed by atoms with Gasteiger partial charge in [0.05, 0.1) is 10.6 Å². The fourth-order valence-corrected chi connectivity index (χ4v) is 2.62. The number of nitrogens with zero attached hydrogens (tertiary/aromatic N) is 1. The molecule has 1 aromatic carbocycles. The van der Waals surface area contributed by atoms with E-state index < -0.39 is 0 Å². The van der Waals surface area contributed by atoms with Gasteiger partial charge in [-0.15, -0.1) is 11.3 Å². The molecule has 5 heteroatoms. The summed E-state index contributed by atoms with van der Waals surface area (Å²) in [6, 6.07) is 12.1. The van der Waals surface area contributed by atoms with Crippen LogP contribution in [0.5, 0.6) is 0 Å². The van der Waals surface area contributed by atoms with Crippen LogP contribution < -0.4 is 10.7 Å². The Labute approximate surface area is 128 Å². The Morgan fingerprint density at radius 1 is 1.25 bits per heavy atom. The Hall–Kier alpha value is -1.72. The maximum absolute atomic E-state index is 5.24. The van der Waals surface area contributed by atoms with Gasteiger partial charge >= 0.3 is 0 Å². The molecule has 0 radical (unpaired) electrons. The molecule has 1 aromatic heterocycles. The second-order valence-corrected chi connectivity index (χ2v) is 5.68. The number of hydrogen-bond donors (Lipinski definition) is 2. The Balaban J connectivity index is 1.95. The topological polar surface area (TPSA) is 36.4 Å². The van der Waals surface area contributed by atoms with Crippen LogP contribution in [0.3, 0.4) is 0 Å². The lowest BCUT2D eigenvalue weighted by molar-refractivity contribution is 1.02. The van der Waals surface area contributed by atoms with Crippen LogP contribution in [0.1, 0.15) is 23.8 Å². The van der Waals surface area contributed by atoms with Gasteiger partial charge < -0.3 is 5.32 Å². The van der Waals surface area contributed by atoms with Gasteiger partial charge in [0.2, 0.25) is 0 Å². The molecule has 104 valence electrons. The molecule has 2 rings (SSSR count). The smallest absolute Gasteiger partial charge is 0.191 e. The van der Waals surface area contributed by atoms with Crippen molar-refractivity contribution in [3.8, 4) is 0 Å². The van der Waals surface area contributed by atoms with E-state index in [1.54, 1.807) is 11.3 Å².